The van der Waals surface area contributed by atoms with Gasteiger partial charge in [0.1, 0.15) is 11.6 Å². The van der Waals surface area contributed by atoms with E-state index in [2.05, 4.69) is 0 Å². The normalized spacial score (nSPS) is 23.7. The quantitative estimate of drug-likeness (QED) is 0.777. The highest BCUT2D eigenvalue weighted by molar-refractivity contribution is 5.53. The van der Waals surface area contributed by atoms with E-state index < -0.39 is 11.6 Å². The summed E-state index contributed by atoms with van der Waals surface area (Å²) in [5.74, 6) is -1.07. The lowest BCUT2D eigenvalue weighted by Crippen LogP contribution is -2.23. The van der Waals surface area contributed by atoms with E-state index in [0.717, 1.165) is 31.7 Å². The van der Waals surface area contributed by atoms with Gasteiger partial charge in [-0.15, -0.1) is 0 Å². The summed E-state index contributed by atoms with van der Waals surface area (Å²) < 4.78 is 25.9. The van der Waals surface area contributed by atoms with Crippen molar-refractivity contribution in [1.82, 2.24) is 0 Å². The SMILES string of the molecule is NC1CCC/C(=C/c2cc(F)cc(F)c2)C1. The predicted molar refractivity (Wildman–Crippen MR) is 60.8 cm³/mol. The Morgan fingerprint density at radius 2 is 1.88 bits per heavy atom. The lowest BCUT2D eigenvalue weighted by atomic mass is 9.90. The molecule has 3 heteroatoms. The van der Waals surface area contributed by atoms with Gasteiger partial charge in [0.05, 0.1) is 0 Å². The third-order valence-electron chi connectivity index (χ3n) is 2.85. The Morgan fingerprint density at radius 1 is 1.19 bits per heavy atom. The summed E-state index contributed by atoms with van der Waals surface area (Å²) in [4.78, 5) is 0. The van der Waals surface area contributed by atoms with Crippen molar-refractivity contribution in [3.8, 4) is 0 Å². The van der Waals surface area contributed by atoms with E-state index in [-0.39, 0.29) is 6.04 Å². The van der Waals surface area contributed by atoms with Crippen molar-refractivity contribution in [2.45, 2.75) is 31.7 Å². The summed E-state index contributed by atoms with van der Waals surface area (Å²) in [6, 6.07) is 3.76. The molecule has 1 saturated carbocycles. The first-order chi connectivity index (χ1) is 7.63. The fourth-order valence-electron chi connectivity index (χ4n) is 2.16. The van der Waals surface area contributed by atoms with Gasteiger partial charge in [-0.3, -0.25) is 0 Å². The zero-order chi connectivity index (χ0) is 11.5. The number of halogens is 2. The number of hydrogen-bond acceptors (Lipinski definition) is 1. The van der Waals surface area contributed by atoms with Crippen molar-refractivity contribution in [2.75, 3.05) is 0 Å². The molecule has 1 atom stereocenters. The molecular weight excluding hydrogens is 208 g/mol. The summed E-state index contributed by atoms with van der Waals surface area (Å²) >= 11 is 0. The first-order valence-corrected chi connectivity index (χ1v) is 5.54. The van der Waals surface area contributed by atoms with Crippen molar-refractivity contribution in [3.63, 3.8) is 0 Å². The minimum Gasteiger partial charge on any atom is -0.327 e. The average molecular weight is 223 g/mol. The van der Waals surface area contributed by atoms with Gasteiger partial charge in [0, 0.05) is 12.1 Å². The molecule has 2 rings (SSSR count). The summed E-state index contributed by atoms with van der Waals surface area (Å²) in [6.07, 6.45) is 5.76. The van der Waals surface area contributed by atoms with Crippen LogP contribution >= 0.6 is 0 Å². The van der Waals surface area contributed by atoms with E-state index in [4.69, 9.17) is 5.73 Å². The fraction of sp³-hybridized carbons (Fsp3) is 0.385. The Morgan fingerprint density at radius 3 is 2.50 bits per heavy atom. The van der Waals surface area contributed by atoms with Crippen LogP contribution in [0.5, 0.6) is 0 Å². The molecular formula is C13H15F2N. The minimum absolute atomic E-state index is 0.193. The van der Waals surface area contributed by atoms with Gasteiger partial charge >= 0.3 is 0 Å². The Bertz CT molecular complexity index is 392. The zero-order valence-electron chi connectivity index (χ0n) is 9.05. The average Bonchev–Trinajstić information content (AvgIpc) is 2.15. The van der Waals surface area contributed by atoms with E-state index in [0.29, 0.717) is 5.56 Å². The number of rotatable bonds is 1. The van der Waals surface area contributed by atoms with Crippen LogP contribution in [-0.4, -0.2) is 6.04 Å². The second kappa shape index (κ2) is 4.74. The van der Waals surface area contributed by atoms with Crippen LogP contribution < -0.4 is 5.73 Å². The molecule has 16 heavy (non-hydrogen) atoms. The highest BCUT2D eigenvalue weighted by Crippen LogP contribution is 2.24. The second-order valence-electron chi connectivity index (χ2n) is 4.36. The van der Waals surface area contributed by atoms with Gasteiger partial charge in [-0.1, -0.05) is 11.6 Å². The van der Waals surface area contributed by atoms with Crippen molar-refractivity contribution < 1.29 is 8.78 Å². The number of benzene rings is 1. The molecule has 0 radical (unpaired) electrons. The van der Waals surface area contributed by atoms with Crippen molar-refractivity contribution in [1.29, 1.82) is 0 Å². The van der Waals surface area contributed by atoms with Crippen LogP contribution in [0, 0.1) is 11.6 Å². The molecule has 1 aliphatic carbocycles. The first-order valence-electron chi connectivity index (χ1n) is 5.54. The molecule has 0 spiro atoms. The smallest absolute Gasteiger partial charge is 0.126 e. The Hall–Kier alpha value is -1.22. The Kier molecular flexibility index (Phi) is 3.34. The molecule has 1 unspecified atom stereocenters. The summed E-state index contributed by atoms with van der Waals surface area (Å²) in [5, 5.41) is 0. The van der Waals surface area contributed by atoms with Gasteiger partial charge in [-0.25, -0.2) is 8.78 Å². The van der Waals surface area contributed by atoms with Gasteiger partial charge in [0.15, 0.2) is 0 Å². The first kappa shape index (κ1) is 11.3. The predicted octanol–water partition coefficient (Wildman–Crippen LogP) is 3.25. The number of hydrogen-bond donors (Lipinski definition) is 1. The van der Waals surface area contributed by atoms with E-state index in [9.17, 15) is 8.78 Å². The Balaban J connectivity index is 2.21. The molecule has 0 heterocycles. The molecule has 1 aromatic carbocycles. The maximum Gasteiger partial charge on any atom is 0.126 e. The summed E-state index contributed by atoms with van der Waals surface area (Å²) in [7, 11) is 0. The van der Waals surface area contributed by atoms with Gasteiger partial charge in [-0.05, 0) is 43.4 Å². The minimum atomic E-state index is -0.535. The third-order valence-corrected chi connectivity index (χ3v) is 2.85. The van der Waals surface area contributed by atoms with Crippen LogP contribution in [0.2, 0.25) is 0 Å². The molecule has 2 N–H and O–H groups in total. The zero-order valence-corrected chi connectivity index (χ0v) is 9.05. The van der Waals surface area contributed by atoms with E-state index >= 15 is 0 Å². The second-order valence-corrected chi connectivity index (χ2v) is 4.36. The molecule has 1 fully saturated rings. The van der Waals surface area contributed by atoms with E-state index in [1.165, 1.54) is 17.7 Å². The van der Waals surface area contributed by atoms with Crippen LogP contribution in [0.15, 0.2) is 23.8 Å². The van der Waals surface area contributed by atoms with Crippen molar-refractivity contribution in [3.05, 3.63) is 41.0 Å². The van der Waals surface area contributed by atoms with Crippen LogP contribution in [0.25, 0.3) is 6.08 Å². The fourth-order valence-corrected chi connectivity index (χ4v) is 2.16. The maximum atomic E-state index is 13.0. The van der Waals surface area contributed by atoms with Gasteiger partial charge in [-0.2, -0.15) is 0 Å². The highest BCUT2D eigenvalue weighted by Gasteiger charge is 2.12. The van der Waals surface area contributed by atoms with E-state index in [1.807, 2.05) is 6.08 Å². The number of nitrogens with two attached hydrogens (primary N) is 1. The van der Waals surface area contributed by atoms with Crippen LogP contribution in [0.1, 0.15) is 31.2 Å². The lowest BCUT2D eigenvalue weighted by Gasteiger charge is -2.20. The third kappa shape index (κ3) is 2.89. The van der Waals surface area contributed by atoms with Gasteiger partial charge in [0.2, 0.25) is 0 Å². The van der Waals surface area contributed by atoms with Gasteiger partial charge < -0.3 is 5.73 Å². The molecule has 1 aromatic rings. The summed E-state index contributed by atoms with van der Waals surface area (Å²) in [6.45, 7) is 0. The van der Waals surface area contributed by atoms with Crippen LogP contribution in [-0.2, 0) is 0 Å². The van der Waals surface area contributed by atoms with Crippen LogP contribution in [0.3, 0.4) is 0 Å². The van der Waals surface area contributed by atoms with E-state index in [1.54, 1.807) is 0 Å². The highest BCUT2D eigenvalue weighted by atomic mass is 19.1. The molecule has 0 bridgehead atoms. The molecule has 0 aliphatic heterocycles. The van der Waals surface area contributed by atoms with Gasteiger partial charge in [0.25, 0.3) is 0 Å². The largest absolute Gasteiger partial charge is 0.327 e. The molecule has 1 nitrogen and oxygen atoms in total. The standard InChI is InChI=1S/C13H15F2N/c14-11-5-10(6-12(15)8-11)4-9-2-1-3-13(16)7-9/h4-6,8,13H,1-3,7,16H2/b9-4-. The lowest BCUT2D eigenvalue weighted by molar-refractivity contribution is 0.520. The molecule has 0 saturated heterocycles. The van der Waals surface area contributed by atoms with Crippen molar-refractivity contribution >= 4 is 6.08 Å². The molecule has 1 aliphatic rings. The molecule has 0 amide bonds. The monoisotopic (exact) mass is 223 g/mol. The molecule has 86 valence electrons. The topological polar surface area (TPSA) is 26.0 Å². The Labute approximate surface area is 94.0 Å². The van der Waals surface area contributed by atoms with Crippen LogP contribution in [0.4, 0.5) is 8.78 Å². The maximum absolute atomic E-state index is 13.0. The molecule has 0 aromatic heterocycles. The summed E-state index contributed by atoms with van der Waals surface area (Å²) in [5.41, 5.74) is 7.62. The van der Waals surface area contributed by atoms with Crippen molar-refractivity contribution in [2.24, 2.45) is 5.73 Å².